The van der Waals surface area contributed by atoms with E-state index >= 15 is 0 Å². The fourth-order valence-electron chi connectivity index (χ4n) is 3.25. The molecule has 0 aliphatic rings. The van der Waals surface area contributed by atoms with Gasteiger partial charge < -0.3 is 10.6 Å². The predicted octanol–water partition coefficient (Wildman–Crippen LogP) is 4.05. The second-order valence-electron chi connectivity index (χ2n) is 6.82. The molecule has 6 heteroatoms. The number of rotatable bonds is 11. The molecule has 0 aliphatic heterocycles. The lowest BCUT2D eigenvalue weighted by atomic mass is 10.0. The summed E-state index contributed by atoms with van der Waals surface area (Å²) in [5.74, 6) is -0.161. The maximum atomic E-state index is 12.3. The normalized spacial score (nSPS) is 11.9. The highest BCUT2D eigenvalue weighted by atomic mass is 35.5. The minimum absolute atomic E-state index is 0.00108. The first kappa shape index (κ1) is 22.9. The molecule has 0 radical (unpaired) electrons. The van der Waals surface area contributed by atoms with Gasteiger partial charge in [-0.3, -0.25) is 14.5 Å². The van der Waals surface area contributed by atoms with Crippen LogP contribution >= 0.6 is 11.6 Å². The topological polar surface area (TPSA) is 61.4 Å². The second kappa shape index (κ2) is 12.2. The van der Waals surface area contributed by atoms with Gasteiger partial charge in [-0.25, -0.2) is 0 Å². The Hall–Kier alpha value is -2.37. The number of hydrogen-bond donors (Lipinski definition) is 2. The van der Waals surface area contributed by atoms with Gasteiger partial charge in [0, 0.05) is 30.1 Å². The van der Waals surface area contributed by atoms with E-state index in [9.17, 15) is 9.59 Å². The number of amides is 2. The van der Waals surface area contributed by atoms with Crippen LogP contribution in [0.2, 0.25) is 5.02 Å². The van der Waals surface area contributed by atoms with E-state index in [1.807, 2.05) is 18.2 Å². The smallest absolute Gasteiger partial charge is 0.251 e. The lowest BCUT2D eigenvalue weighted by Crippen LogP contribution is -2.38. The molecule has 2 amide bonds. The summed E-state index contributed by atoms with van der Waals surface area (Å²) < 4.78 is 0. The number of nitrogens with zero attached hydrogens (tertiary/aromatic N) is 1. The SMILES string of the molecule is CCN(CC)C(CNC(=O)CCCNC(=O)c1ccc(Cl)cc1)c1ccccc1. The first-order valence-corrected chi connectivity index (χ1v) is 10.5. The summed E-state index contributed by atoms with van der Waals surface area (Å²) in [4.78, 5) is 26.7. The number of halogens is 1. The fourth-order valence-corrected chi connectivity index (χ4v) is 3.38. The molecule has 2 rings (SSSR count). The number of likely N-dealkylation sites (N-methyl/N-ethyl adjacent to an activating group) is 1. The average Bonchev–Trinajstić information content (AvgIpc) is 2.75. The van der Waals surface area contributed by atoms with E-state index in [1.54, 1.807) is 24.3 Å². The van der Waals surface area contributed by atoms with E-state index in [0.29, 0.717) is 36.5 Å². The number of hydrogen-bond acceptors (Lipinski definition) is 3. The van der Waals surface area contributed by atoms with Crippen LogP contribution in [0.4, 0.5) is 0 Å². The quantitative estimate of drug-likeness (QED) is 0.544. The number of carbonyl (C=O) groups is 2. The van der Waals surface area contributed by atoms with Crippen molar-refractivity contribution in [3.63, 3.8) is 0 Å². The summed E-state index contributed by atoms with van der Waals surface area (Å²) in [6.45, 7) is 7.12. The van der Waals surface area contributed by atoms with E-state index in [1.165, 1.54) is 5.56 Å². The summed E-state index contributed by atoms with van der Waals surface area (Å²) in [7, 11) is 0. The number of carbonyl (C=O) groups excluding carboxylic acids is 2. The van der Waals surface area contributed by atoms with Crippen LogP contribution in [0.15, 0.2) is 54.6 Å². The Morgan fingerprint density at radius 2 is 1.62 bits per heavy atom. The molecule has 0 heterocycles. The molecule has 156 valence electrons. The van der Waals surface area contributed by atoms with Gasteiger partial charge in [0.05, 0.1) is 6.04 Å². The van der Waals surface area contributed by atoms with Crippen molar-refractivity contribution < 1.29 is 9.59 Å². The summed E-state index contributed by atoms with van der Waals surface area (Å²) in [6, 6.07) is 17.1. The van der Waals surface area contributed by atoms with Crippen molar-refractivity contribution in [3.8, 4) is 0 Å². The van der Waals surface area contributed by atoms with Gasteiger partial charge in [0.2, 0.25) is 5.91 Å². The lowest BCUT2D eigenvalue weighted by Gasteiger charge is -2.30. The molecule has 0 saturated heterocycles. The second-order valence-corrected chi connectivity index (χ2v) is 7.25. The van der Waals surface area contributed by atoms with Crippen LogP contribution in [0, 0.1) is 0 Å². The molecule has 29 heavy (non-hydrogen) atoms. The molecule has 2 aromatic carbocycles. The van der Waals surface area contributed by atoms with Gasteiger partial charge in [-0.1, -0.05) is 55.8 Å². The standard InChI is InChI=1S/C23H30ClN3O2/c1-3-27(4-2)21(18-9-6-5-7-10-18)17-26-22(28)11-8-16-25-23(29)19-12-14-20(24)15-13-19/h5-7,9-10,12-15,21H,3-4,8,11,16-17H2,1-2H3,(H,25,29)(H,26,28). The van der Waals surface area contributed by atoms with E-state index in [0.717, 1.165) is 13.1 Å². The van der Waals surface area contributed by atoms with Crippen LogP contribution < -0.4 is 10.6 Å². The zero-order valence-corrected chi connectivity index (χ0v) is 17.9. The van der Waals surface area contributed by atoms with Crippen molar-refractivity contribution in [2.45, 2.75) is 32.7 Å². The molecule has 1 atom stereocenters. The minimum atomic E-state index is -0.159. The maximum Gasteiger partial charge on any atom is 0.251 e. The Labute approximate surface area is 178 Å². The zero-order valence-electron chi connectivity index (χ0n) is 17.2. The van der Waals surface area contributed by atoms with Crippen LogP contribution in [0.25, 0.3) is 0 Å². The van der Waals surface area contributed by atoms with Gasteiger partial charge in [-0.15, -0.1) is 0 Å². The van der Waals surface area contributed by atoms with Crippen molar-refractivity contribution >= 4 is 23.4 Å². The van der Waals surface area contributed by atoms with Gasteiger partial charge in [-0.2, -0.15) is 0 Å². The molecule has 0 aliphatic carbocycles. The predicted molar refractivity (Wildman–Crippen MR) is 118 cm³/mol. The highest BCUT2D eigenvalue weighted by molar-refractivity contribution is 6.30. The fraction of sp³-hybridized carbons (Fsp3) is 0.391. The third kappa shape index (κ3) is 7.52. The summed E-state index contributed by atoms with van der Waals surface area (Å²) in [5.41, 5.74) is 1.76. The Kier molecular flexibility index (Phi) is 9.68. The first-order valence-electron chi connectivity index (χ1n) is 10.1. The highest BCUT2D eigenvalue weighted by Gasteiger charge is 2.18. The summed E-state index contributed by atoms with van der Waals surface area (Å²) in [5, 5.41) is 6.47. The zero-order chi connectivity index (χ0) is 21.1. The van der Waals surface area contributed by atoms with Gasteiger partial charge in [-0.05, 0) is 49.3 Å². The Balaban J connectivity index is 1.76. The monoisotopic (exact) mass is 415 g/mol. The van der Waals surface area contributed by atoms with Crippen LogP contribution in [0.5, 0.6) is 0 Å². The molecule has 0 saturated carbocycles. The number of benzene rings is 2. The van der Waals surface area contributed by atoms with E-state index in [2.05, 4.69) is 41.5 Å². The molecular formula is C23H30ClN3O2. The molecule has 0 aromatic heterocycles. The Morgan fingerprint density at radius 3 is 2.24 bits per heavy atom. The lowest BCUT2D eigenvalue weighted by molar-refractivity contribution is -0.121. The van der Waals surface area contributed by atoms with E-state index < -0.39 is 0 Å². The molecule has 0 bridgehead atoms. The van der Waals surface area contributed by atoms with E-state index in [4.69, 9.17) is 11.6 Å². The van der Waals surface area contributed by atoms with Gasteiger partial charge in [0.25, 0.3) is 5.91 Å². The molecule has 2 N–H and O–H groups in total. The van der Waals surface area contributed by atoms with E-state index in [-0.39, 0.29) is 17.9 Å². The van der Waals surface area contributed by atoms with Crippen molar-refractivity contribution in [2.75, 3.05) is 26.2 Å². The van der Waals surface area contributed by atoms with Crippen LogP contribution in [-0.2, 0) is 4.79 Å². The minimum Gasteiger partial charge on any atom is -0.354 e. The maximum absolute atomic E-state index is 12.3. The third-order valence-corrected chi connectivity index (χ3v) is 5.15. The first-order chi connectivity index (χ1) is 14.0. The van der Waals surface area contributed by atoms with Crippen molar-refractivity contribution in [3.05, 3.63) is 70.7 Å². The molecule has 2 aromatic rings. The Bertz CT molecular complexity index is 761. The highest BCUT2D eigenvalue weighted by Crippen LogP contribution is 2.19. The summed E-state index contributed by atoms with van der Waals surface area (Å²) >= 11 is 5.83. The molecule has 0 fully saturated rings. The van der Waals surface area contributed by atoms with Gasteiger partial charge in [0.15, 0.2) is 0 Å². The van der Waals surface area contributed by atoms with Crippen molar-refractivity contribution in [2.24, 2.45) is 0 Å². The molecule has 5 nitrogen and oxygen atoms in total. The van der Waals surface area contributed by atoms with Crippen molar-refractivity contribution in [1.29, 1.82) is 0 Å². The molecule has 1 unspecified atom stereocenters. The van der Waals surface area contributed by atoms with Gasteiger partial charge in [0.1, 0.15) is 0 Å². The van der Waals surface area contributed by atoms with Gasteiger partial charge >= 0.3 is 0 Å². The summed E-state index contributed by atoms with van der Waals surface area (Å²) in [6.07, 6.45) is 0.965. The average molecular weight is 416 g/mol. The molecular weight excluding hydrogens is 386 g/mol. The molecule has 0 spiro atoms. The van der Waals surface area contributed by atoms with Crippen LogP contribution in [0.3, 0.4) is 0 Å². The van der Waals surface area contributed by atoms with Crippen LogP contribution in [0.1, 0.15) is 48.7 Å². The number of nitrogens with one attached hydrogen (secondary N) is 2. The third-order valence-electron chi connectivity index (χ3n) is 4.90. The van der Waals surface area contributed by atoms with Crippen LogP contribution in [-0.4, -0.2) is 42.9 Å². The van der Waals surface area contributed by atoms with Crippen molar-refractivity contribution in [1.82, 2.24) is 15.5 Å². The Morgan fingerprint density at radius 1 is 0.966 bits per heavy atom. The largest absolute Gasteiger partial charge is 0.354 e.